The molecule has 3 heterocycles. The Labute approximate surface area is 214 Å². The summed E-state index contributed by atoms with van der Waals surface area (Å²) in [6, 6.07) is 11.1. The lowest BCUT2D eigenvalue weighted by Gasteiger charge is -2.42. The Bertz CT molecular complexity index is 1350. The third kappa shape index (κ3) is 4.24. The fraction of sp³-hybridized carbons (Fsp3) is 0.464. The van der Waals surface area contributed by atoms with E-state index in [1.54, 1.807) is 23.2 Å². The Hall–Kier alpha value is -3.17. The summed E-state index contributed by atoms with van der Waals surface area (Å²) in [5.41, 5.74) is 3.92. The van der Waals surface area contributed by atoms with Gasteiger partial charge in [0.15, 0.2) is 0 Å². The minimum absolute atomic E-state index is 0.0481. The number of nitrogens with one attached hydrogen (secondary N) is 1. The smallest absolute Gasteiger partial charge is 0.264 e. The molecule has 9 heteroatoms. The first-order chi connectivity index (χ1) is 17.8. The summed E-state index contributed by atoms with van der Waals surface area (Å²) in [5, 5.41) is 11.7. The van der Waals surface area contributed by atoms with E-state index in [0.29, 0.717) is 43.1 Å². The van der Waals surface area contributed by atoms with E-state index in [-0.39, 0.29) is 29.0 Å². The van der Waals surface area contributed by atoms with Crippen molar-refractivity contribution in [2.24, 2.45) is 0 Å². The van der Waals surface area contributed by atoms with Crippen molar-refractivity contribution in [2.45, 2.75) is 70.1 Å². The molecule has 7 nitrogen and oxygen atoms in total. The SMILES string of the molecule is Cc1cnnn1CC1(c2cccc(N3Cc4c(cc(CNC5(C)CCC5)cc4C(F)F)C3=O)c2)COC1. The van der Waals surface area contributed by atoms with Crippen LogP contribution in [-0.2, 0) is 29.8 Å². The van der Waals surface area contributed by atoms with E-state index >= 15 is 0 Å². The third-order valence-electron chi connectivity index (χ3n) is 8.34. The zero-order chi connectivity index (χ0) is 25.8. The van der Waals surface area contributed by atoms with Gasteiger partial charge in [-0.3, -0.25) is 4.79 Å². The Morgan fingerprint density at radius 2 is 2.00 bits per heavy atom. The molecule has 0 atom stereocenters. The molecule has 37 heavy (non-hydrogen) atoms. The number of hydrogen-bond donors (Lipinski definition) is 1. The van der Waals surface area contributed by atoms with Gasteiger partial charge in [0, 0.05) is 28.9 Å². The molecule has 3 aromatic rings. The molecule has 1 N–H and O–H groups in total. The average molecular weight is 508 g/mol. The summed E-state index contributed by atoms with van der Waals surface area (Å²) in [7, 11) is 0. The Morgan fingerprint density at radius 1 is 1.19 bits per heavy atom. The zero-order valence-corrected chi connectivity index (χ0v) is 21.1. The highest BCUT2D eigenvalue weighted by Gasteiger charge is 2.42. The van der Waals surface area contributed by atoms with Gasteiger partial charge >= 0.3 is 0 Å². The molecule has 194 valence electrons. The molecule has 0 spiro atoms. The van der Waals surface area contributed by atoms with Gasteiger partial charge in [-0.15, -0.1) is 5.10 Å². The van der Waals surface area contributed by atoms with Crippen molar-refractivity contribution in [2.75, 3.05) is 18.1 Å². The monoisotopic (exact) mass is 507 g/mol. The summed E-state index contributed by atoms with van der Waals surface area (Å²) in [6.07, 6.45) is 2.40. The van der Waals surface area contributed by atoms with Gasteiger partial charge in [-0.1, -0.05) is 17.3 Å². The molecule has 1 amide bonds. The van der Waals surface area contributed by atoms with Gasteiger partial charge in [0.1, 0.15) is 0 Å². The number of aryl methyl sites for hydroxylation is 1. The van der Waals surface area contributed by atoms with E-state index in [4.69, 9.17) is 4.74 Å². The van der Waals surface area contributed by atoms with Crippen LogP contribution in [-0.4, -0.2) is 39.7 Å². The van der Waals surface area contributed by atoms with E-state index in [9.17, 15) is 13.6 Å². The highest BCUT2D eigenvalue weighted by Crippen LogP contribution is 2.40. The number of carbonyl (C=O) groups is 1. The maximum Gasteiger partial charge on any atom is 0.264 e. The first kappa shape index (κ1) is 24.2. The second-order valence-electron chi connectivity index (χ2n) is 11.0. The molecule has 0 unspecified atom stereocenters. The van der Waals surface area contributed by atoms with Crippen LogP contribution >= 0.6 is 0 Å². The van der Waals surface area contributed by atoms with Gasteiger partial charge in [-0.2, -0.15) is 0 Å². The average Bonchev–Trinajstić information content (AvgIpc) is 3.40. The number of carbonyl (C=O) groups excluding carboxylic acids is 1. The molecule has 6 rings (SSSR count). The van der Waals surface area contributed by atoms with Crippen molar-refractivity contribution in [3.05, 3.63) is 76.1 Å². The van der Waals surface area contributed by atoms with Crippen LogP contribution in [0.1, 0.15) is 70.9 Å². The Morgan fingerprint density at radius 3 is 2.62 bits per heavy atom. The van der Waals surface area contributed by atoms with Crippen LogP contribution in [0.5, 0.6) is 0 Å². The van der Waals surface area contributed by atoms with Gasteiger partial charge in [0.05, 0.1) is 43.6 Å². The number of alkyl halides is 2. The quantitative estimate of drug-likeness (QED) is 0.479. The molecule has 2 fully saturated rings. The van der Waals surface area contributed by atoms with Crippen LogP contribution in [0.2, 0.25) is 0 Å². The van der Waals surface area contributed by atoms with Gasteiger partial charge in [0.2, 0.25) is 0 Å². The first-order valence-electron chi connectivity index (χ1n) is 12.8. The fourth-order valence-corrected chi connectivity index (χ4v) is 5.66. The van der Waals surface area contributed by atoms with Crippen molar-refractivity contribution in [1.29, 1.82) is 0 Å². The molecule has 2 aliphatic heterocycles. The van der Waals surface area contributed by atoms with E-state index in [1.165, 1.54) is 6.42 Å². The maximum atomic E-state index is 14.1. The van der Waals surface area contributed by atoms with E-state index < -0.39 is 6.43 Å². The van der Waals surface area contributed by atoms with E-state index in [1.807, 2.05) is 35.9 Å². The highest BCUT2D eigenvalue weighted by atomic mass is 19.3. The highest BCUT2D eigenvalue weighted by molar-refractivity contribution is 6.10. The van der Waals surface area contributed by atoms with Crippen LogP contribution < -0.4 is 10.2 Å². The molecule has 2 aromatic carbocycles. The van der Waals surface area contributed by atoms with Crippen molar-refractivity contribution in [3.8, 4) is 0 Å². The molecule has 1 saturated heterocycles. The molecule has 1 saturated carbocycles. The summed E-state index contributed by atoms with van der Waals surface area (Å²) >= 11 is 0. The summed E-state index contributed by atoms with van der Waals surface area (Å²) in [5.74, 6) is -0.239. The Balaban J connectivity index is 1.28. The van der Waals surface area contributed by atoms with Crippen LogP contribution in [0.4, 0.5) is 14.5 Å². The lowest BCUT2D eigenvalue weighted by molar-refractivity contribution is -0.0704. The maximum absolute atomic E-state index is 14.1. The summed E-state index contributed by atoms with van der Waals surface area (Å²) < 4.78 is 35.7. The largest absolute Gasteiger partial charge is 0.379 e. The van der Waals surface area contributed by atoms with Crippen molar-refractivity contribution in [1.82, 2.24) is 20.3 Å². The topological polar surface area (TPSA) is 72.3 Å². The second kappa shape index (κ2) is 8.99. The number of benzene rings is 2. The molecular weight excluding hydrogens is 476 g/mol. The van der Waals surface area contributed by atoms with E-state index in [0.717, 1.165) is 29.7 Å². The molecule has 1 aliphatic carbocycles. The van der Waals surface area contributed by atoms with Gasteiger partial charge in [0.25, 0.3) is 12.3 Å². The number of nitrogens with zero attached hydrogens (tertiary/aromatic N) is 4. The number of aromatic nitrogens is 3. The minimum atomic E-state index is -2.65. The van der Waals surface area contributed by atoms with Crippen molar-refractivity contribution < 1.29 is 18.3 Å². The zero-order valence-electron chi connectivity index (χ0n) is 21.1. The summed E-state index contributed by atoms with van der Waals surface area (Å²) in [4.78, 5) is 15.2. The van der Waals surface area contributed by atoms with Crippen LogP contribution in [0.15, 0.2) is 42.6 Å². The van der Waals surface area contributed by atoms with Crippen molar-refractivity contribution >= 4 is 11.6 Å². The number of halogens is 2. The number of amides is 1. The Kier molecular flexibility index (Phi) is 5.88. The normalized spacial score (nSPS) is 19.6. The summed E-state index contributed by atoms with van der Waals surface area (Å²) in [6.45, 7) is 6.40. The van der Waals surface area contributed by atoms with Crippen LogP contribution in [0.25, 0.3) is 0 Å². The number of fused-ring (bicyclic) bond motifs is 1. The standard InChI is InChI=1S/C28H31F2N5O2/c1-18-12-32-33-35(18)15-28(16-37-17-28)20-5-3-6-21(11-20)34-14-24-22(25(29)30)9-19(10-23(24)26(34)36)13-31-27(2)7-4-8-27/h3,5-6,9-12,25,31H,4,7-8,13-17H2,1-2H3. The van der Waals surface area contributed by atoms with Gasteiger partial charge in [-0.25, -0.2) is 13.5 Å². The van der Waals surface area contributed by atoms with Gasteiger partial charge < -0.3 is 15.0 Å². The second-order valence-corrected chi connectivity index (χ2v) is 11.0. The predicted octanol–water partition coefficient (Wildman–Crippen LogP) is 4.68. The molecule has 1 aromatic heterocycles. The van der Waals surface area contributed by atoms with Gasteiger partial charge in [-0.05, 0) is 74.1 Å². The number of ether oxygens (including phenoxy) is 1. The molecule has 0 radical (unpaired) electrons. The third-order valence-corrected chi connectivity index (χ3v) is 8.34. The molecular formula is C28H31F2N5O2. The minimum Gasteiger partial charge on any atom is -0.379 e. The lowest BCUT2D eigenvalue weighted by atomic mass is 9.78. The van der Waals surface area contributed by atoms with Crippen molar-refractivity contribution in [3.63, 3.8) is 0 Å². The first-order valence-corrected chi connectivity index (χ1v) is 12.8. The molecule has 0 bridgehead atoms. The lowest BCUT2D eigenvalue weighted by Crippen LogP contribution is -2.50. The van der Waals surface area contributed by atoms with E-state index in [2.05, 4.69) is 22.6 Å². The number of hydrogen-bond acceptors (Lipinski definition) is 5. The predicted molar refractivity (Wildman–Crippen MR) is 135 cm³/mol. The molecule has 3 aliphatic rings. The van der Waals surface area contributed by atoms with Crippen LogP contribution in [0, 0.1) is 6.92 Å². The number of anilines is 1. The van der Waals surface area contributed by atoms with Crippen LogP contribution in [0.3, 0.4) is 0 Å². The fourth-order valence-electron chi connectivity index (χ4n) is 5.66. The number of rotatable bonds is 8.